The van der Waals surface area contributed by atoms with Gasteiger partial charge >= 0.3 is 6.09 Å². The topological polar surface area (TPSA) is 49.8 Å². The molecule has 0 saturated carbocycles. The average Bonchev–Trinajstić information content (AvgIpc) is 2.62. The van der Waals surface area contributed by atoms with Crippen molar-refractivity contribution in [2.24, 2.45) is 11.8 Å². The maximum atomic E-state index is 12.5. The maximum Gasteiger partial charge on any atom is 0.411 e. The molecule has 128 valence electrons. The minimum absolute atomic E-state index is 0.00245. The van der Waals surface area contributed by atoms with Crippen molar-refractivity contribution in [2.45, 2.75) is 65.0 Å². The zero-order chi connectivity index (χ0) is 17.1. The predicted molar refractivity (Wildman–Crippen MR) is 93.0 cm³/mol. The number of nitrogens with zero attached hydrogens (tertiary/aromatic N) is 1. The van der Waals surface area contributed by atoms with E-state index in [-0.39, 0.29) is 29.5 Å². The number of thioether (sulfide) groups is 1. The molecule has 0 aliphatic carbocycles. The molecule has 0 unspecified atom stereocenters. The van der Waals surface area contributed by atoms with Crippen LogP contribution in [0, 0.1) is 11.8 Å². The molecule has 0 aromatic carbocycles. The minimum Gasteiger partial charge on any atom is -0.444 e. The standard InChI is InChI=1S/C17H31NO3S/c1-12(2)13(10-19)8-9-14-11-22-17(6,7)18(14)15(20)21-16(3,4)5/h8-9,12-14,19H,10-11H2,1-7H3/b9-8+/t13-,14+/m0/s1. The van der Waals surface area contributed by atoms with Crippen molar-refractivity contribution in [1.82, 2.24) is 4.90 Å². The molecular weight excluding hydrogens is 298 g/mol. The van der Waals surface area contributed by atoms with Crippen LogP contribution in [-0.2, 0) is 4.74 Å². The van der Waals surface area contributed by atoms with Gasteiger partial charge in [0, 0.05) is 18.3 Å². The van der Waals surface area contributed by atoms with E-state index in [0.717, 1.165) is 5.75 Å². The van der Waals surface area contributed by atoms with E-state index in [1.54, 1.807) is 11.8 Å². The summed E-state index contributed by atoms with van der Waals surface area (Å²) in [6.45, 7) is 14.0. The van der Waals surface area contributed by atoms with Crippen molar-refractivity contribution in [1.29, 1.82) is 0 Å². The van der Waals surface area contributed by atoms with Gasteiger partial charge in [-0.3, -0.25) is 4.90 Å². The Morgan fingerprint density at radius 2 is 2.05 bits per heavy atom. The van der Waals surface area contributed by atoms with Crippen LogP contribution >= 0.6 is 11.8 Å². The third-order valence-electron chi connectivity index (χ3n) is 3.76. The molecule has 1 aliphatic heterocycles. The Morgan fingerprint density at radius 1 is 1.45 bits per heavy atom. The number of hydrogen-bond donors (Lipinski definition) is 1. The second-order valence-corrected chi connectivity index (χ2v) is 9.27. The molecule has 0 spiro atoms. The lowest BCUT2D eigenvalue weighted by Gasteiger charge is -2.35. The van der Waals surface area contributed by atoms with E-state index < -0.39 is 5.60 Å². The van der Waals surface area contributed by atoms with Gasteiger partial charge in [0.15, 0.2) is 0 Å². The SMILES string of the molecule is CC(C)[C@@H](/C=C/[C@@H]1CSC(C)(C)N1C(=O)OC(C)(C)C)CO. The van der Waals surface area contributed by atoms with Gasteiger partial charge in [0.2, 0.25) is 0 Å². The normalized spacial score (nSPS) is 23.3. The van der Waals surface area contributed by atoms with E-state index in [0.29, 0.717) is 5.92 Å². The molecule has 1 saturated heterocycles. The first kappa shape index (κ1) is 19.4. The van der Waals surface area contributed by atoms with Crippen LogP contribution in [0.25, 0.3) is 0 Å². The van der Waals surface area contributed by atoms with Crippen molar-refractivity contribution in [3.05, 3.63) is 12.2 Å². The lowest BCUT2D eigenvalue weighted by Crippen LogP contribution is -2.48. The Balaban J connectivity index is 2.90. The Labute approximate surface area is 139 Å². The molecule has 2 atom stereocenters. The van der Waals surface area contributed by atoms with Gasteiger partial charge in [-0.2, -0.15) is 0 Å². The van der Waals surface area contributed by atoms with Gasteiger partial charge in [0.25, 0.3) is 0 Å². The molecule has 1 amide bonds. The number of amides is 1. The fraction of sp³-hybridized carbons (Fsp3) is 0.824. The number of carbonyl (C=O) groups is 1. The van der Waals surface area contributed by atoms with Gasteiger partial charge in [0.05, 0.1) is 10.9 Å². The van der Waals surface area contributed by atoms with Crippen LogP contribution in [-0.4, -0.2) is 45.0 Å². The molecule has 4 nitrogen and oxygen atoms in total. The molecule has 0 aromatic rings. The number of carbonyl (C=O) groups excluding carboxylic acids is 1. The van der Waals surface area contributed by atoms with Crippen molar-refractivity contribution < 1.29 is 14.6 Å². The first-order chi connectivity index (χ1) is 9.98. The minimum atomic E-state index is -0.500. The van der Waals surface area contributed by atoms with Crippen molar-refractivity contribution in [2.75, 3.05) is 12.4 Å². The van der Waals surface area contributed by atoms with E-state index in [9.17, 15) is 9.90 Å². The van der Waals surface area contributed by atoms with Crippen LogP contribution in [0.2, 0.25) is 0 Å². The number of hydrogen-bond acceptors (Lipinski definition) is 4. The van der Waals surface area contributed by atoms with Gasteiger partial charge in [-0.15, -0.1) is 11.8 Å². The molecule has 1 N–H and O–H groups in total. The number of ether oxygens (including phenoxy) is 1. The summed E-state index contributed by atoms with van der Waals surface area (Å²) in [6.07, 6.45) is 3.81. The Hall–Kier alpha value is -0.680. The van der Waals surface area contributed by atoms with E-state index in [2.05, 4.69) is 13.8 Å². The third kappa shape index (κ3) is 5.20. The lowest BCUT2D eigenvalue weighted by atomic mass is 9.95. The van der Waals surface area contributed by atoms with Crippen LogP contribution < -0.4 is 0 Å². The van der Waals surface area contributed by atoms with E-state index in [1.807, 2.05) is 51.7 Å². The highest BCUT2D eigenvalue weighted by Gasteiger charge is 2.44. The highest BCUT2D eigenvalue weighted by atomic mass is 32.2. The average molecular weight is 330 g/mol. The lowest BCUT2D eigenvalue weighted by molar-refractivity contribution is 0.0138. The molecule has 1 aliphatic rings. The second kappa shape index (κ2) is 7.26. The summed E-state index contributed by atoms with van der Waals surface area (Å²) in [7, 11) is 0. The second-order valence-electron chi connectivity index (χ2n) is 7.65. The van der Waals surface area contributed by atoms with Crippen LogP contribution in [0.5, 0.6) is 0 Å². The van der Waals surface area contributed by atoms with Crippen molar-refractivity contribution >= 4 is 17.9 Å². The van der Waals surface area contributed by atoms with Crippen molar-refractivity contribution in [3.63, 3.8) is 0 Å². The fourth-order valence-electron chi connectivity index (χ4n) is 2.41. The van der Waals surface area contributed by atoms with E-state index in [1.165, 1.54) is 0 Å². The largest absolute Gasteiger partial charge is 0.444 e. The predicted octanol–water partition coefficient (Wildman–Crippen LogP) is 3.90. The summed E-state index contributed by atoms with van der Waals surface area (Å²) >= 11 is 1.75. The third-order valence-corrected chi connectivity index (χ3v) is 5.17. The maximum absolute atomic E-state index is 12.5. The first-order valence-electron chi connectivity index (χ1n) is 7.93. The summed E-state index contributed by atoms with van der Waals surface area (Å²) in [5, 5.41) is 9.44. The number of aliphatic hydroxyl groups excluding tert-OH is 1. The summed E-state index contributed by atoms with van der Waals surface area (Å²) in [5.41, 5.74) is -0.500. The molecule has 0 radical (unpaired) electrons. The zero-order valence-corrected chi connectivity index (χ0v) is 15.7. The number of aliphatic hydroxyl groups is 1. The van der Waals surface area contributed by atoms with Crippen LogP contribution in [0.4, 0.5) is 4.79 Å². The molecule has 1 rings (SSSR count). The molecule has 22 heavy (non-hydrogen) atoms. The summed E-state index contributed by atoms with van der Waals surface area (Å²) in [6, 6.07) is 0.00245. The van der Waals surface area contributed by atoms with Gasteiger partial charge in [-0.25, -0.2) is 4.79 Å². The Bertz CT molecular complexity index is 413. The van der Waals surface area contributed by atoms with Gasteiger partial charge in [-0.05, 0) is 40.5 Å². The summed E-state index contributed by atoms with van der Waals surface area (Å²) in [4.78, 5) is 14.1. The van der Waals surface area contributed by atoms with Gasteiger partial charge < -0.3 is 9.84 Å². The summed E-state index contributed by atoms with van der Waals surface area (Å²) in [5.74, 6) is 1.34. The monoisotopic (exact) mass is 329 g/mol. The Kier molecular flexibility index (Phi) is 6.39. The highest BCUT2D eigenvalue weighted by Crippen LogP contribution is 2.40. The van der Waals surface area contributed by atoms with Gasteiger partial charge in [0.1, 0.15) is 5.60 Å². The molecule has 0 aromatic heterocycles. The highest BCUT2D eigenvalue weighted by molar-refractivity contribution is 8.00. The van der Waals surface area contributed by atoms with E-state index in [4.69, 9.17) is 4.74 Å². The quantitative estimate of drug-likeness (QED) is 0.795. The smallest absolute Gasteiger partial charge is 0.411 e. The molecule has 1 fully saturated rings. The van der Waals surface area contributed by atoms with Crippen LogP contribution in [0.15, 0.2) is 12.2 Å². The van der Waals surface area contributed by atoms with E-state index >= 15 is 0 Å². The fourth-order valence-corrected chi connectivity index (χ4v) is 3.59. The van der Waals surface area contributed by atoms with Gasteiger partial charge in [-0.1, -0.05) is 26.0 Å². The first-order valence-corrected chi connectivity index (χ1v) is 8.92. The Morgan fingerprint density at radius 3 is 2.50 bits per heavy atom. The number of rotatable bonds is 4. The molecular formula is C17H31NO3S. The molecule has 5 heteroatoms. The van der Waals surface area contributed by atoms with Crippen molar-refractivity contribution in [3.8, 4) is 0 Å². The molecule has 1 heterocycles. The summed E-state index contributed by atoms with van der Waals surface area (Å²) < 4.78 is 5.56. The van der Waals surface area contributed by atoms with Crippen LogP contribution in [0.3, 0.4) is 0 Å². The molecule has 0 bridgehead atoms. The van der Waals surface area contributed by atoms with Crippen LogP contribution in [0.1, 0.15) is 48.5 Å². The zero-order valence-electron chi connectivity index (χ0n) is 14.9.